The second-order valence-electron chi connectivity index (χ2n) is 16.0. The van der Waals surface area contributed by atoms with Crippen molar-refractivity contribution in [3.63, 3.8) is 0 Å². The molecule has 44 heavy (non-hydrogen) atoms. The summed E-state index contributed by atoms with van der Waals surface area (Å²) < 4.78 is 24.4. The number of allylic oxidation sites excluding steroid dienone is 1. The number of epoxide rings is 1. The third-order valence-corrected chi connectivity index (χ3v) is 14.3. The van der Waals surface area contributed by atoms with Crippen molar-refractivity contribution in [3.05, 3.63) is 24.2 Å². The fourth-order valence-electron chi connectivity index (χ4n) is 12.5. The molecule has 2 unspecified atom stereocenters. The first-order chi connectivity index (χ1) is 20.4. The van der Waals surface area contributed by atoms with Gasteiger partial charge in [-0.25, -0.2) is 0 Å². The van der Waals surface area contributed by atoms with Crippen molar-refractivity contribution >= 4 is 11.9 Å². The highest BCUT2D eigenvalue weighted by atomic mass is 16.6. The molecule has 2 heterocycles. The Morgan fingerprint density at radius 3 is 2.11 bits per heavy atom. The molecule has 4 N–H and O–H groups in total. The van der Waals surface area contributed by atoms with Crippen LogP contribution in [0.2, 0.25) is 0 Å². The van der Waals surface area contributed by atoms with E-state index in [4.69, 9.17) is 18.9 Å². The van der Waals surface area contributed by atoms with Crippen molar-refractivity contribution in [3.8, 4) is 0 Å². The Morgan fingerprint density at radius 1 is 0.886 bits per heavy atom. The Hall–Kier alpha value is -1.98. The van der Waals surface area contributed by atoms with Crippen LogP contribution in [-0.2, 0) is 28.5 Å². The molecule has 0 radical (unpaired) electrons. The van der Waals surface area contributed by atoms with Crippen LogP contribution in [-0.4, -0.2) is 80.7 Å². The molecule has 244 valence electrons. The summed E-state index contributed by atoms with van der Waals surface area (Å²) in [5.41, 5.74) is -4.27. The molecule has 0 aromatic carbocycles. The van der Waals surface area contributed by atoms with Gasteiger partial charge in [0.1, 0.15) is 35.4 Å². The number of aliphatic hydroxyl groups is 4. The molecule has 5 aliphatic carbocycles. The molecule has 6 fully saturated rings. The van der Waals surface area contributed by atoms with Crippen molar-refractivity contribution in [2.75, 3.05) is 0 Å². The number of aliphatic hydroxyl groups excluding tert-OH is 3. The summed E-state index contributed by atoms with van der Waals surface area (Å²) in [5, 5.41) is 48.6. The number of ether oxygens (including phenoxy) is 4. The van der Waals surface area contributed by atoms with Crippen molar-refractivity contribution in [2.45, 2.75) is 110 Å². The molecular weight excluding hydrogens is 568 g/mol. The SMILES string of the molecule is C=C1OC2=C[C@@H](C)[C@H]3[C@@H]([C@H](O)[C@H]4[C@H]5C(C(C)[C@H](OC(C)=O)[C@]34C)[C@]3(C)[C@H](C[C@@H]4O[C@@H]4[C@@H]3OC(C)=O)[C@H](O)[C@@H]5O)[C@@]2(C)[C@]1(C)O. The normalized spacial score (nSPS) is 59.9. The minimum absolute atomic E-state index is 0.144. The summed E-state index contributed by atoms with van der Waals surface area (Å²) in [7, 11) is 0. The zero-order valence-electron chi connectivity index (χ0n) is 26.9. The van der Waals surface area contributed by atoms with Crippen molar-refractivity contribution in [1.29, 1.82) is 0 Å². The number of rotatable bonds is 2. The Morgan fingerprint density at radius 2 is 1.50 bits per heavy atom. The topological polar surface area (TPSA) is 155 Å². The van der Waals surface area contributed by atoms with E-state index < -0.39 is 93.9 Å². The van der Waals surface area contributed by atoms with E-state index in [1.54, 1.807) is 6.92 Å². The van der Waals surface area contributed by atoms with Crippen LogP contribution >= 0.6 is 0 Å². The highest BCUT2D eigenvalue weighted by Gasteiger charge is 2.81. The van der Waals surface area contributed by atoms with E-state index in [2.05, 4.69) is 13.5 Å². The lowest BCUT2D eigenvalue weighted by atomic mass is 9.39. The molecule has 0 aromatic rings. The predicted octanol–water partition coefficient (Wildman–Crippen LogP) is 2.33. The molecule has 2 saturated heterocycles. The zero-order valence-corrected chi connectivity index (χ0v) is 26.9. The summed E-state index contributed by atoms with van der Waals surface area (Å²) in [6.45, 7) is 18.5. The van der Waals surface area contributed by atoms with Crippen molar-refractivity contribution < 1.29 is 49.0 Å². The Kier molecular flexibility index (Phi) is 6.33. The van der Waals surface area contributed by atoms with Gasteiger partial charge in [0.05, 0.1) is 29.8 Å². The Balaban J connectivity index is 1.45. The van der Waals surface area contributed by atoms with Gasteiger partial charge in [-0.15, -0.1) is 0 Å². The van der Waals surface area contributed by atoms with E-state index >= 15 is 0 Å². The van der Waals surface area contributed by atoms with Gasteiger partial charge in [0.15, 0.2) is 0 Å². The first-order valence-corrected chi connectivity index (χ1v) is 16.2. The molecule has 10 heteroatoms. The van der Waals surface area contributed by atoms with Crippen LogP contribution in [0.5, 0.6) is 0 Å². The summed E-state index contributed by atoms with van der Waals surface area (Å²) >= 11 is 0. The maximum atomic E-state index is 12.9. The van der Waals surface area contributed by atoms with E-state index in [0.717, 1.165) is 0 Å². The second-order valence-corrected chi connectivity index (χ2v) is 16.0. The van der Waals surface area contributed by atoms with Crippen LogP contribution in [0.1, 0.15) is 61.8 Å². The monoisotopic (exact) mass is 616 g/mol. The smallest absolute Gasteiger partial charge is 0.303 e. The zero-order chi connectivity index (χ0) is 32.2. The number of hydrogen-bond acceptors (Lipinski definition) is 10. The number of esters is 2. The van der Waals surface area contributed by atoms with E-state index in [0.29, 0.717) is 12.2 Å². The van der Waals surface area contributed by atoms with Crippen LogP contribution in [0.3, 0.4) is 0 Å². The first kappa shape index (κ1) is 30.7. The van der Waals surface area contributed by atoms with Gasteiger partial charge in [0.2, 0.25) is 0 Å². The lowest BCUT2D eigenvalue weighted by molar-refractivity contribution is -0.283. The second kappa shape index (κ2) is 9.09. The molecule has 0 amide bonds. The van der Waals surface area contributed by atoms with Crippen LogP contribution < -0.4 is 0 Å². The van der Waals surface area contributed by atoms with E-state index in [1.165, 1.54) is 13.8 Å². The van der Waals surface area contributed by atoms with Crippen LogP contribution in [0.25, 0.3) is 0 Å². The molecule has 19 atom stereocenters. The number of fused-ring (bicyclic) bond motifs is 10. The highest BCUT2D eigenvalue weighted by molar-refractivity contribution is 5.67. The summed E-state index contributed by atoms with van der Waals surface area (Å²) in [4.78, 5) is 25.3. The van der Waals surface area contributed by atoms with Gasteiger partial charge < -0.3 is 39.4 Å². The maximum absolute atomic E-state index is 12.9. The standard InChI is InChI=1S/C34H48O10/c1-12-10-19-33(8,34(9,40)14(3)41-19)24-21(12)32(7)23(27(24)39)20-22(13(2)29(32)42-15(4)35)31(6)17(25(37)26(20)38)11-18-28(44-18)30(31)43-16(5)36/h10,12-13,17-18,20-30,37-40H,3,11H2,1-2,4-9H3/t12-,13?,17-,18+,20-,21+,22?,23-,24+,25+,26-,27-,28+,29+,30+,31+,32-,33+,34-/m1/s1. The number of carbonyl (C=O) groups is 2. The largest absolute Gasteiger partial charge is 0.463 e. The van der Waals surface area contributed by atoms with Gasteiger partial charge in [-0.2, -0.15) is 0 Å². The average molecular weight is 617 g/mol. The average Bonchev–Trinajstić information content (AvgIpc) is 3.61. The molecular formula is C34H48O10. The summed E-state index contributed by atoms with van der Waals surface area (Å²) in [6, 6.07) is 0. The Bertz CT molecular complexity index is 1340. The van der Waals surface area contributed by atoms with Gasteiger partial charge in [0.25, 0.3) is 0 Å². The molecule has 2 aliphatic heterocycles. The van der Waals surface area contributed by atoms with Gasteiger partial charge in [-0.3, -0.25) is 9.59 Å². The van der Waals surface area contributed by atoms with Crippen LogP contribution in [0.15, 0.2) is 24.2 Å². The maximum Gasteiger partial charge on any atom is 0.303 e. The van der Waals surface area contributed by atoms with Crippen molar-refractivity contribution in [2.24, 2.45) is 63.6 Å². The lowest BCUT2D eigenvalue weighted by Crippen LogP contribution is -2.73. The molecule has 0 bridgehead atoms. The molecule has 0 spiro atoms. The summed E-state index contributed by atoms with van der Waals surface area (Å²) in [6.07, 6.45) is -2.76. The van der Waals surface area contributed by atoms with Crippen LogP contribution in [0.4, 0.5) is 0 Å². The molecule has 0 aromatic heterocycles. The lowest BCUT2D eigenvalue weighted by Gasteiger charge is -2.67. The van der Waals surface area contributed by atoms with E-state index in [9.17, 15) is 30.0 Å². The summed E-state index contributed by atoms with van der Waals surface area (Å²) in [5.74, 6) is -3.60. The highest BCUT2D eigenvalue weighted by Crippen LogP contribution is 2.76. The van der Waals surface area contributed by atoms with E-state index in [-0.39, 0.29) is 35.7 Å². The molecule has 10 nitrogen and oxygen atoms in total. The third kappa shape index (κ3) is 3.34. The predicted molar refractivity (Wildman–Crippen MR) is 155 cm³/mol. The number of carbonyl (C=O) groups excluding carboxylic acids is 2. The quantitative estimate of drug-likeness (QED) is 0.268. The molecule has 7 aliphatic rings. The fraction of sp³-hybridized carbons (Fsp3) is 0.824. The minimum Gasteiger partial charge on any atom is -0.463 e. The van der Waals surface area contributed by atoms with Crippen molar-refractivity contribution in [1.82, 2.24) is 0 Å². The van der Waals surface area contributed by atoms with Crippen LogP contribution in [0, 0.1) is 63.6 Å². The number of hydrogen-bond donors (Lipinski definition) is 4. The molecule has 4 saturated carbocycles. The first-order valence-electron chi connectivity index (χ1n) is 16.2. The van der Waals surface area contributed by atoms with Gasteiger partial charge >= 0.3 is 11.9 Å². The van der Waals surface area contributed by atoms with Gasteiger partial charge in [0, 0.05) is 30.6 Å². The minimum atomic E-state index is -1.50. The van der Waals surface area contributed by atoms with Gasteiger partial charge in [-0.1, -0.05) is 34.3 Å². The fourth-order valence-corrected chi connectivity index (χ4v) is 12.5. The molecule has 7 rings (SSSR count). The van der Waals surface area contributed by atoms with E-state index in [1.807, 2.05) is 33.8 Å². The van der Waals surface area contributed by atoms with Gasteiger partial charge in [-0.05, 0) is 67.8 Å². The third-order valence-electron chi connectivity index (χ3n) is 14.3. The Labute approximate surface area is 258 Å².